The third-order valence-corrected chi connectivity index (χ3v) is 0.633. The first kappa shape index (κ1) is 14.7. The van der Waals surface area contributed by atoms with Crippen LogP contribution in [0.1, 0.15) is 0 Å². The molecule has 76 valence electrons. The number of hydrogen-bond donors (Lipinski definition) is 0. The smallest absolute Gasteiger partial charge is 0.243 e. The molecule has 0 fully saturated rings. The molecule has 0 aromatic carbocycles. The van der Waals surface area contributed by atoms with E-state index in [4.69, 9.17) is 0 Å². The lowest BCUT2D eigenvalue weighted by molar-refractivity contribution is 0.0653. The van der Waals surface area contributed by atoms with E-state index < -0.39 is 24.1 Å². The van der Waals surface area contributed by atoms with Gasteiger partial charge in [0.15, 0.2) is 6.67 Å². The normalized spacial score (nSPS) is 13.8. The second kappa shape index (κ2) is 6.65. The molecule has 1 atom stereocenters. The highest BCUT2D eigenvalue weighted by Gasteiger charge is 2.23. The summed E-state index contributed by atoms with van der Waals surface area (Å²) in [6, 6.07) is 0. The summed E-state index contributed by atoms with van der Waals surface area (Å²) in [5, 5.41) is -3.65. The van der Waals surface area contributed by atoms with Crippen LogP contribution in [0.25, 0.3) is 0 Å². The molecule has 8 heteroatoms. The van der Waals surface area contributed by atoms with Crippen molar-refractivity contribution in [1.82, 2.24) is 0 Å². The molecule has 0 saturated heterocycles. The van der Waals surface area contributed by atoms with Gasteiger partial charge < -0.3 is 0 Å². The third-order valence-electron chi connectivity index (χ3n) is 0.342. The van der Waals surface area contributed by atoms with E-state index in [2.05, 4.69) is 23.2 Å². The zero-order valence-electron chi connectivity index (χ0n) is 5.39. The summed E-state index contributed by atoms with van der Waals surface area (Å²) >= 11 is 8.21. The topological polar surface area (TPSA) is 0 Å². The summed E-state index contributed by atoms with van der Waals surface area (Å²) in [7, 11) is 0. The first-order valence-corrected chi connectivity index (χ1v) is 3.21. The fourth-order valence-electron chi connectivity index (χ4n) is 0. The SMILES string of the molecule is FC(F)C(F)Cl.FCC(F)(F)Cl. The largest absolute Gasteiger partial charge is 0.349 e. The van der Waals surface area contributed by atoms with Gasteiger partial charge in [-0.3, -0.25) is 0 Å². The summed E-state index contributed by atoms with van der Waals surface area (Å²) in [6.45, 7) is -1.80. The van der Waals surface area contributed by atoms with Crippen LogP contribution in [-0.4, -0.2) is 24.1 Å². The summed E-state index contributed by atoms with van der Waals surface area (Å²) < 4.78 is 64.4. The van der Waals surface area contributed by atoms with Crippen LogP contribution in [0.15, 0.2) is 0 Å². The van der Waals surface area contributed by atoms with Crippen LogP contribution in [0, 0.1) is 0 Å². The van der Waals surface area contributed by atoms with Gasteiger partial charge in [0, 0.05) is 0 Å². The van der Waals surface area contributed by atoms with Crippen LogP contribution in [0.2, 0.25) is 0 Å². The van der Waals surface area contributed by atoms with Crippen molar-refractivity contribution in [2.75, 3.05) is 6.67 Å². The summed E-state index contributed by atoms with van der Waals surface area (Å²) in [4.78, 5) is 0. The zero-order chi connectivity index (χ0) is 10.4. The molecule has 0 N–H and O–H groups in total. The van der Waals surface area contributed by atoms with E-state index in [9.17, 15) is 26.3 Å². The molecule has 0 nitrogen and oxygen atoms in total. The Bertz CT molecular complexity index is 94.2. The summed E-state index contributed by atoms with van der Waals surface area (Å²) in [6.07, 6.45) is -3.05. The zero-order valence-corrected chi connectivity index (χ0v) is 6.90. The lowest BCUT2D eigenvalue weighted by Gasteiger charge is -1.95. The molecule has 0 saturated carbocycles. The molecule has 0 bridgehead atoms. The Balaban J connectivity index is 0. The lowest BCUT2D eigenvalue weighted by Crippen LogP contribution is -2.06. The first-order valence-electron chi connectivity index (χ1n) is 2.39. The molecule has 0 amide bonds. The predicted molar refractivity (Wildman–Crippen MR) is 33.5 cm³/mol. The number of halogens is 8. The fourth-order valence-corrected chi connectivity index (χ4v) is 0. The molecule has 0 aliphatic carbocycles. The van der Waals surface area contributed by atoms with Crippen molar-refractivity contribution in [3.63, 3.8) is 0 Å². The van der Waals surface area contributed by atoms with Crippen LogP contribution < -0.4 is 0 Å². The minimum atomic E-state index is -3.65. The maximum Gasteiger partial charge on any atom is 0.349 e. The number of rotatable bonds is 2. The van der Waals surface area contributed by atoms with Gasteiger partial charge in [-0.15, -0.1) is 0 Å². The van der Waals surface area contributed by atoms with Gasteiger partial charge in [0.1, 0.15) is 0 Å². The average Bonchev–Trinajstić information content (AvgIpc) is 1.87. The van der Waals surface area contributed by atoms with Crippen LogP contribution in [0.4, 0.5) is 26.3 Å². The Labute approximate surface area is 74.4 Å². The second-order valence-electron chi connectivity index (χ2n) is 1.42. The average molecular weight is 237 g/mol. The molecule has 0 rings (SSSR count). The van der Waals surface area contributed by atoms with Crippen molar-refractivity contribution in [2.45, 2.75) is 17.4 Å². The van der Waals surface area contributed by atoms with Crippen LogP contribution in [0.5, 0.6) is 0 Å². The quantitative estimate of drug-likeness (QED) is 0.508. The molecule has 0 aliphatic heterocycles. The lowest BCUT2D eigenvalue weighted by atomic mass is 10.8. The van der Waals surface area contributed by atoms with Crippen LogP contribution in [-0.2, 0) is 0 Å². The molecule has 0 spiro atoms. The van der Waals surface area contributed by atoms with Crippen LogP contribution in [0.3, 0.4) is 0 Å². The Hall–Kier alpha value is 0.160. The fraction of sp³-hybridized carbons (Fsp3) is 1.00. The molecular formula is C4H4Cl2F6. The van der Waals surface area contributed by atoms with E-state index >= 15 is 0 Å². The summed E-state index contributed by atoms with van der Waals surface area (Å²) in [5.41, 5.74) is -2.51. The highest BCUT2D eigenvalue weighted by Crippen LogP contribution is 2.17. The molecular weight excluding hydrogens is 233 g/mol. The molecule has 0 heterocycles. The number of hydrogen-bond acceptors (Lipinski definition) is 0. The maximum atomic E-state index is 10.8. The van der Waals surface area contributed by atoms with E-state index in [-0.39, 0.29) is 0 Å². The van der Waals surface area contributed by atoms with Crippen molar-refractivity contribution >= 4 is 23.2 Å². The predicted octanol–water partition coefficient (Wildman–Crippen LogP) is 3.57. The highest BCUT2D eigenvalue weighted by molar-refractivity contribution is 6.21. The van der Waals surface area contributed by atoms with Crippen molar-refractivity contribution in [1.29, 1.82) is 0 Å². The van der Waals surface area contributed by atoms with Gasteiger partial charge in [-0.25, -0.2) is 17.6 Å². The monoisotopic (exact) mass is 236 g/mol. The van der Waals surface area contributed by atoms with Crippen molar-refractivity contribution in [3.05, 3.63) is 0 Å². The molecule has 0 aromatic rings. The first-order chi connectivity index (χ1) is 5.20. The van der Waals surface area contributed by atoms with Crippen molar-refractivity contribution in [3.8, 4) is 0 Å². The minimum Gasteiger partial charge on any atom is -0.243 e. The van der Waals surface area contributed by atoms with Gasteiger partial charge in [-0.05, 0) is 11.6 Å². The molecule has 0 radical (unpaired) electrons. The second-order valence-corrected chi connectivity index (χ2v) is 2.39. The highest BCUT2D eigenvalue weighted by atomic mass is 35.5. The third kappa shape index (κ3) is 16.6. The number of alkyl halides is 8. The maximum absolute atomic E-state index is 10.8. The van der Waals surface area contributed by atoms with E-state index in [0.29, 0.717) is 0 Å². The van der Waals surface area contributed by atoms with Crippen LogP contribution >= 0.6 is 23.2 Å². The Morgan fingerprint density at radius 1 is 1.17 bits per heavy atom. The Morgan fingerprint density at radius 2 is 1.33 bits per heavy atom. The van der Waals surface area contributed by atoms with E-state index in [1.165, 1.54) is 0 Å². The molecule has 0 aliphatic rings. The van der Waals surface area contributed by atoms with Gasteiger partial charge in [-0.2, -0.15) is 8.78 Å². The Morgan fingerprint density at radius 3 is 1.33 bits per heavy atom. The standard InChI is InChI=1S/2C2H2ClF3/c3-2(5,6)1-4;3-1(4)2(5)6/h1H2;1-2H. The van der Waals surface area contributed by atoms with Gasteiger partial charge in [0.2, 0.25) is 5.63 Å². The van der Waals surface area contributed by atoms with E-state index in [1.807, 2.05) is 0 Å². The minimum absolute atomic E-state index is 1.80. The van der Waals surface area contributed by atoms with Gasteiger partial charge in [0.25, 0.3) is 6.43 Å². The molecule has 0 aromatic heterocycles. The van der Waals surface area contributed by atoms with E-state index in [1.54, 1.807) is 0 Å². The Kier molecular flexibility index (Phi) is 8.13. The summed E-state index contributed by atoms with van der Waals surface area (Å²) in [5.74, 6) is 0. The van der Waals surface area contributed by atoms with Gasteiger partial charge in [-0.1, -0.05) is 11.6 Å². The van der Waals surface area contributed by atoms with E-state index in [0.717, 1.165) is 0 Å². The van der Waals surface area contributed by atoms with Gasteiger partial charge in [0.05, 0.1) is 0 Å². The molecule has 12 heavy (non-hydrogen) atoms. The van der Waals surface area contributed by atoms with Gasteiger partial charge >= 0.3 is 5.38 Å². The van der Waals surface area contributed by atoms with Crippen molar-refractivity contribution in [2.24, 2.45) is 0 Å². The molecule has 1 unspecified atom stereocenters. The van der Waals surface area contributed by atoms with Crippen molar-refractivity contribution < 1.29 is 26.3 Å².